The largest absolute Gasteiger partial charge is 0.486 e. The van der Waals surface area contributed by atoms with Gasteiger partial charge in [0.25, 0.3) is 0 Å². The van der Waals surface area contributed by atoms with Crippen LogP contribution in [-0.2, 0) is 4.79 Å². The first kappa shape index (κ1) is 16.4. The number of para-hydroxylation sites is 2. The lowest BCUT2D eigenvalue weighted by molar-refractivity contribution is -0.133. The van der Waals surface area contributed by atoms with Crippen molar-refractivity contribution in [2.75, 3.05) is 20.2 Å². The van der Waals surface area contributed by atoms with Crippen molar-refractivity contribution >= 4 is 5.91 Å². The zero-order chi connectivity index (χ0) is 16.9. The number of hydrogen-bond donors (Lipinski definition) is 0. The van der Waals surface area contributed by atoms with Crippen molar-refractivity contribution in [3.63, 3.8) is 0 Å². The smallest absolute Gasteiger partial charge is 0.229 e. The van der Waals surface area contributed by atoms with Gasteiger partial charge in [-0.05, 0) is 24.1 Å². The fourth-order valence-corrected chi connectivity index (χ4v) is 3.05. The van der Waals surface area contributed by atoms with Gasteiger partial charge in [0.05, 0.1) is 12.5 Å². The molecule has 0 radical (unpaired) electrons. The topological polar surface area (TPSA) is 38.8 Å². The molecule has 2 atom stereocenters. The number of carbonyl (C=O) groups excluding carboxylic acids is 1. The van der Waals surface area contributed by atoms with E-state index in [-0.39, 0.29) is 17.9 Å². The molecule has 0 fully saturated rings. The Morgan fingerprint density at radius 2 is 1.79 bits per heavy atom. The second-order valence-corrected chi connectivity index (χ2v) is 6.09. The Bertz CT molecular complexity index is 686. The van der Waals surface area contributed by atoms with Gasteiger partial charge < -0.3 is 14.4 Å². The lowest BCUT2D eigenvalue weighted by Crippen LogP contribution is -2.43. The number of rotatable bonds is 5. The van der Waals surface area contributed by atoms with Crippen LogP contribution in [0.15, 0.2) is 54.6 Å². The van der Waals surface area contributed by atoms with Gasteiger partial charge in [0, 0.05) is 7.05 Å². The third kappa shape index (κ3) is 3.53. The normalized spacial score (nSPS) is 17.2. The third-order valence-corrected chi connectivity index (χ3v) is 4.33. The van der Waals surface area contributed by atoms with E-state index in [0.717, 1.165) is 23.5 Å². The minimum absolute atomic E-state index is 0.117. The number of carbonyl (C=O) groups is 1. The van der Waals surface area contributed by atoms with Gasteiger partial charge in [0.2, 0.25) is 5.91 Å². The Labute approximate surface area is 143 Å². The summed E-state index contributed by atoms with van der Waals surface area (Å²) in [5.74, 6) is 1.50. The van der Waals surface area contributed by atoms with Crippen molar-refractivity contribution in [1.82, 2.24) is 4.90 Å². The quantitative estimate of drug-likeness (QED) is 0.845. The second-order valence-electron chi connectivity index (χ2n) is 6.09. The number of fused-ring (bicyclic) bond motifs is 1. The van der Waals surface area contributed by atoms with Gasteiger partial charge in [-0.3, -0.25) is 4.79 Å². The maximum absolute atomic E-state index is 12.8. The van der Waals surface area contributed by atoms with Gasteiger partial charge in [0.1, 0.15) is 6.61 Å². The van der Waals surface area contributed by atoms with Crippen LogP contribution in [-0.4, -0.2) is 37.1 Å². The van der Waals surface area contributed by atoms with Crippen LogP contribution < -0.4 is 9.47 Å². The van der Waals surface area contributed by atoms with E-state index in [1.807, 2.05) is 68.6 Å². The zero-order valence-corrected chi connectivity index (χ0v) is 14.1. The maximum Gasteiger partial charge on any atom is 0.229 e. The summed E-state index contributed by atoms with van der Waals surface area (Å²) in [6.07, 6.45) is 0.625. The molecule has 2 aromatic rings. The Balaban J connectivity index is 1.64. The average molecular weight is 325 g/mol. The van der Waals surface area contributed by atoms with Gasteiger partial charge in [-0.1, -0.05) is 49.4 Å². The highest BCUT2D eigenvalue weighted by atomic mass is 16.6. The fourth-order valence-electron chi connectivity index (χ4n) is 3.05. The molecule has 0 spiro atoms. The number of amides is 1. The molecule has 1 heterocycles. The van der Waals surface area contributed by atoms with Gasteiger partial charge in [-0.2, -0.15) is 0 Å². The van der Waals surface area contributed by atoms with E-state index >= 15 is 0 Å². The summed E-state index contributed by atoms with van der Waals surface area (Å²) >= 11 is 0. The summed E-state index contributed by atoms with van der Waals surface area (Å²) in [6, 6.07) is 17.6. The molecule has 0 saturated carbocycles. The number of ether oxygens (including phenoxy) is 2. The minimum Gasteiger partial charge on any atom is -0.486 e. The van der Waals surface area contributed by atoms with Crippen molar-refractivity contribution in [2.24, 2.45) is 0 Å². The van der Waals surface area contributed by atoms with E-state index in [9.17, 15) is 4.79 Å². The van der Waals surface area contributed by atoms with Crippen molar-refractivity contribution in [3.05, 3.63) is 60.2 Å². The molecule has 4 nitrogen and oxygen atoms in total. The predicted molar refractivity (Wildman–Crippen MR) is 93.5 cm³/mol. The molecule has 126 valence electrons. The molecular weight excluding hydrogens is 302 g/mol. The van der Waals surface area contributed by atoms with Crippen LogP contribution in [0.1, 0.15) is 24.8 Å². The summed E-state index contributed by atoms with van der Waals surface area (Å²) in [4.78, 5) is 14.6. The first-order chi connectivity index (χ1) is 11.7. The monoisotopic (exact) mass is 325 g/mol. The molecule has 24 heavy (non-hydrogen) atoms. The number of likely N-dealkylation sites (N-methyl/N-ethyl adjacent to an activating group) is 1. The van der Waals surface area contributed by atoms with E-state index in [1.165, 1.54) is 0 Å². The van der Waals surface area contributed by atoms with Gasteiger partial charge >= 0.3 is 0 Å². The zero-order valence-electron chi connectivity index (χ0n) is 14.1. The van der Waals surface area contributed by atoms with E-state index in [1.54, 1.807) is 4.90 Å². The third-order valence-electron chi connectivity index (χ3n) is 4.33. The highest BCUT2D eigenvalue weighted by Crippen LogP contribution is 2.31. The van der Waals surface area contributed by atoms with Gasteiger partial charge in [-0.25, -0.2) is 0 Å². The van der Waals surface area contributed by atoms with Crippen molar-refractivity contribution in [1.29, 1.82) is 0 Å². The molecule has 0 aromatic heterocycles. The van der Waals surface area contributed by atoms with Crippen LogP contribution in [0.5, 0.6) is 11.5 Å². The lowest BCUT2D eigenvalue weighted by atomic mass is 9.95. The minimum atomic E-state index is -0.151. The van der Waals surface area contributed by atoms with Gasteiger partial charge in [0.15, 0.2) is 17.6 Å². The highest BCUT2D eigenvalue weighted by Gasteiger charge is 2.27. The van der Waals surface area contributed by atoms with E-state index < -0.39 is 0 Å². The Hall–Kier alpha value is -2.49. The first-order valence-electron chi connectivity index (χ1n) is 8.37. The summed E-state index contributed by atoms with van der Waals surface area (Å²) < 4.78 is 11.7. The highest BCUT2D eigenvalue weighted by molar-refractivity contribution is 5.83. The molecule has 1 amide bonds. The molecule has 2 aromatic carbocycles. The standard InChI is InChI=1S/C20H23NO3/c1-3-17(15-9-5-4-6-10-15)20(22)21(2)13-16-14-23-18-11-7-8-12-19(18)24-16/h4-12,16-17H,3,13-14H2,1-2H3. The molecule has 0 aliphatic carbocycles. The van der Waals surface area contributed by atoms with Crippen LogP contribution in [0.4, 0.5) is 0 Å². The first-order valence-corrected chi connectivity index (χ1v) is 8.37. The lowest BCUT2D eigenvalue weighted by Gasteiger charge is -2.31. The Morgan fingerprint density at radius 1 is 1.12 bits per heavy atom. The van der Waals surface area contributed by atoms with Crippen molar-refractivity contribution in [2.45, 2.75) is 25.4 Å². The Kier molecular flexibility index (Phi) is 5.04. The van der Waals surface area contributed by atoms with E-state index in [0.29, 0.717) is 13.2 Å². The van der Waals surface area contributed by atoms with Crippen molar-refractivity contribution < 1.29 is 14.3 Å². The van der Waals surface area contributed by atoms with Crippen LogP contribution in [0, 0.1) is 0 Å². The summed E-state index contributed by atoms with van der Waals surface area (Å²) in [7, 11) is 1.83. The van der Waals surface area contributed by atoms with Crippen molar-refractivity contribution in [3.8, 4) is 11.5 Å². The van der Waals surface area contributed by atoms with E-state index in [4.69, 9.17) is 9.47 Å². The van der Waals surface area contributed by atoms with Crippen LogP contribution in [0.25, 0.3) is 0 Å². The summed E-state index contributed by atoms with van der Waals surface area (Å²) in [5, 5.41) is 0. The predicted octanol–water partition coefficient (Wildman–Crippen LogP) is 3.48. The van der Waals surface area contributed by atoms with Crippen LogP contribution >= 0.6 is 0 Å². The Morgan fingerprint density at radius 3 is 2.50 bits per heavy atom. The molecule has 1 aliphatic rings. The molecule has 2 unspecified atom stereocenters. The SMILES string of the molecule is CCC(C(=O)N(C)CC1COc2ccccc2O1)c1ccccc1. The number of hydrogen-bond acceptors (Lipinski definition) is 3. The van der Waals surface area contributed by atoms with Gasteiger partial charge in [-0.15, -0.1) is 0 Å². The number of benzene rings is 2. The molecule has 0 bridgehead atoms. The van der Waals surface area contributed by atoms with Crippen LogP contribution in [0.3, 0.4) is 0 Å². The fraction of sp³-hybridized carbons (Fsp3) is 0.350. The van der Waals surface area contributed by atoms with Crippen LogP contribution in [0.2, 0.25) is 0 Å². The summed E-state index contributed by atoms with van der Waals surface area (Å²) in [6.45, 7) is 3.01. The molecule has 3 rings (SSSR count). The second kappa shape index (κ2) is 7.39. The van der Waals surface area contributed by atoms with E-state index in [2.05, 4.69) is 0 Å². The average Bonchev–Trinajstić information content (AvgIpc) is 2.63. The molecule has 0 N–H and O–H groups in total. The molecule has 0 saturated heterocycles. The molecular formula is C20H23NO3. The molecule has 1 aliphatic heterocycles. The molecule has 4 heteroatoms. The number of nitrogens with zero attached hydrogens (tertiary/aromatic N) is 1. The maximum atomic E-state index is 12.8. The summed E-state index contributed by atoms with van der Waals surface area (Å²) in [5.41, 5.74) is 1.06.